The molecule has 0 spiro atoms. The molecular weight excluding hydrogens is 382 g/mol. The zero-order valence-electron chi connectivity index (χ0n) is 18.2. The van der Waals surface area contributed by atoms with Crippen LogP contribution in [0.2, 0.25) is 0 Å². The normalized spacial score (nSPS) is 15.7. The van der Waals surface area contributed by atoms with Gasteiger partial charge in [-0.15, -0.1) is 0 Å². The molecule has 0 aliphatic carbocycles. The summed E-state index contributed by atoms with van der Waals surface area (Å²) in [7, 11) is 0. The third kappa shape index (κ3) is 3.72. The van der Waals surface area contributed by atoms with Gasteiger partial charge >= 0.3 is 0 Å². The van der Waals surface area contributed by atoms with Gasteiger partial charge in [-0.25, -0.2) is 4.99 Å². The molecule has 2 aromatic heterocycles. The Bertz CT molecular complexity index is 1270. The molecule has 1 aliphatic heterocycles. The highest BCUT2D eigenvalue weighted by molar-refractivity contribution is 6.12. The van der Waals surface area contributed by atoms with Gasteiger partial charge in [0.05, 0.1) is 23.1 Å². The van der Waals surface area contributed by atoms with E-state index in [1.807, 2.05) is 12.4 Å². The van der Waals surface area contributed by atoms with Gasteiger partial charge in [0.15, 0.2) is 0 Å². The number of aromatic nitrogens is 3. The zero-order valence-corrected chi connectivity index (χ0v) is 18.2. The van der Waals surface area contributed by atoms with Crippen molar-refractivity contribution in [2.75, 3.05) is 5.32 Å². The average molecular weight is 410 g/mol. The molecule has 0 saturated heterocycles. The van der Waals surface area contributed by atoms with Crippen molar-refractivity contribution in [3.05, 3.63) is 72.2 Å². The van der Waals surface area contributed by atoms with Gasteiger partial charge in [0, 0.05) is 29.2 Å². The first-order valence-corrected chi connectivity index (χ1v) is 11.0. The van der Waals surface area contributed by atoms with Crippen molar-refractivity contribution in [3.8, 4) is 11.1 Å². The molecule has 1 aliphatic rings. The SMILES string of the molecule is CCC1Cc2ccncc2N=C1c1n[nH]c2ccc(-c3cccc(NC(C)C)c3)cc12. The monoisotopic (exact) mass is 409 g/mol. The van der Waals surface area contributed by atoms with Crippen LogP contribution in [0.5, 0.6) is 0 Å². The second-order valence-corrected chi connectivity index (χ2v) is 8.52. The van der Waals surface area contributed by atoms with Gasteiger partial charge in [-0.2, -0.15) is 5.10 Å². The average Bonchev–Trinajstić information content (AvgIpc) is 3.21. The topological polar surface area (TPSA) is 66.0 Å². The van der Waals surface area contributed by atoms with E-state index in [1.165, 1.54) is 16.7 Å². The van der Waals surface area contributed by atoms with Gasteiger partial charge < -0.3 is 5.32 Å². The first-order valence-electron chi connectivity index (χ1n) is 11.0. The van der Waals surface area contributed by atoms with Crippen molar-refractivity contribution in [2.24, 2.45) is 10.9 Å². The lowest BCUT2D eigenvalue weighted by atomic mass is 9.87. The Kier molecular flexibility index (Phi) is 5.02. The second-order valence-electron chi connectivity index (χ2n) is 8.52. The lowest BCUT2D eigenvalue weighted by Crippen LogP contribution is -2.21. The number of aromatic amines is 1. The third-order valence-corrected chi connectivity index (χ3v) is 5.93. The Morgan fingerprint density at radius 2 is 1.97 bits per heavy atom. The van der Waals surface area contributed by atoms with Crippen LogP contribution in [0.25, 0.3) is 22.0 Å². The molecule has 1 unspecified atom stereocenters. The van der Waals surface area contributed by atoms with E-state index in [0.29, 0.717) is 12.0 Å². The fourth-order valence-electron chi connectivity index (χ4n) is 4.37. The van der Waals surface area contributed by atoms with Crippen LogP contribution in [0, 0.1) is 5.92 Å². The number of rotatable bonds is 5. The molecule has 2 aromatic carbocycles. The van der Waals surface area contributed by atoms with E-state index in [0.717, 1.165) is 46.5 Å². The molecule has 0 bridgehead atoms. The summed E-state index contributed by atoms with van der Waals surface area (Å²) < 4.78 is 0. The van der Waals surface area contributed by atoms with Crippen LogP contribution in [-0.2, 0) is 6.42 Å². The highest BCUT2D eigenvalue weighted by atomic mass is 15.1. The predicted molar refractivity (Wildman–Crippen MR) is 128 cm³/mol. The number of anilines is 1. The lowest BCUT2D eigenvalue weighted by molar-refractivity contribution is 0.652. The highest BCUT2D eigenvalue weighted by Crippen LogP contribution is 2.34. The highest BCUT2D eigenvalue weighted by Gasteiger charge is 2.26. The number of hydrogen-bond acceptors (Lipinski definition) is 4. The minimum absolute atomic E-state index is 0.351. The molecule has 3 heterocycles. The summed E-state index contributed by atoms with van der Waals surface area (Å²) in [5.41, 5.74) is 8.76. The number of benzene rings is 2. The molecular formula is C26H27N5. The van der Waals surface area contributed by atoms with Crippen molar-refractivity contribution in [3.63, 3.8) is 0 Å². The molecule has 1 atom stereocenters. The number of nitrogens with zero attached hydrogens (tertiary/aromatic N) is 3. The third-order valence-electron chi connectivity index (χ3n) is 5.93. The summed E-state index contributed by atoms with van der Waals surface area (Å²) in [6.07, 6.45) is 5.71. The molecule has 156 valence electrons. The van der Waals surface area contributed by atoms with E-state index in [4.69, 9.17) is 10.1 Å². The summed E-state index contributed by atoms with van der Waals surface area (Å²) in [5, 5.41) is 12.5. The Morgan fingerprint density at radius 1 is 1.10 bits per heavy atom. The van der Waals surface area contributed by atoms with Crippen LogP contribution in [0.4, 0.5) is 11.4 Å². The van der Waals surface area contributed by atoms with Gasteiger partial charge in [-0.3, -0.25) is 10.1 Å². The van der Waals surface area contributed by atoms with E-state index in [2.05, 4.69) is 84.7 Å². The number of H-pyrrole nitrogens is 1. The summed E-state index contributed by atoms with van der Waals surface area (Å²) in [6.45, 7) is 6.53. The lowest BCUT2D eigenvalue weighted by Gasteiger charge is -2.22. The number of nitrogens with one attached hydrogen (secondary N) is 2. The quantitative estimate of drug-likeness (QED) is 0.415. The van der Waals surface area contributed by atoms with Crippen LogP contribution >= 0.6 is 0 Å². The van der Waals surface area contributed by atoms with Gasteiger partial charge in [0.25, 0.3) is 0 Å². The van der Waals surface area contributed by atoms with Gasteiger partial charge in [0.2, 0.25) is 0 Å². The summed E-state index contributed by atoms with van der Waals surface area (Å²) in [6, 6.07) is 17.5. The predicted octanol–water partition coefficient (Wildman–Crippen LogP) is 6.15. The first kappa shape index (κ1) is 19.5. The second kappa shape index (κ2) is 7.99. The van der Waals surface area contributed by atoms with Crippen LogP contribution in [-0.4, -0.2) is 26.9 Å². The molecule has 4 aromatic rings. The maximum absolute atomic E-state index is 5.00. The molecule has 0 saturated carbocycles. The zero-order chi connectivity index (χ0) is 21.4. The number of fused-ring (bicyclic) bond motifs is 2. The van der Waals surface area contributed by atoms with E-state index in [-0.39, 0.29) is 0 Å². The van der Waals surface area contributed by atoms with Crippen molar-refractivity contribution < 1.29 is 0 Å². The number of aliphatic imine (C=N–C) groups is 1. The summed E-state index contributed by atoms with van der Waals surface area (Å²) in [4.78, 5) is 9.27. The van der Waals surface area contributed by atoms with E-state index < -0.39 is 0 Å². The van der Waals surface area contributed by atoms with Crippen molar-refractivity contribution >= 4 is 28.0 Å². The summed E-state index contributed by atoms with van der Waals surface area (Å²) in [5.74, 6) is 0.351. The Labute approximate surface area is 182 Å². The number of hydrogen-bond donors (Lipinski definition) is 2. The minimum atomic E-state index is 0.351. The van der Waals surface area contributed by atoms with Crippen molar-refractivity contribution in [1.82, 2.24) is 15.2 Å². The van der Waals surface area contributed by atoms with Crippen LogP contribution < -0.4 is 5.32 Å². The van der Waals surface area contributed by atoms with Crippen LogP contribution in [0.15, 0.2) is 65.9 Å². The van der Waals surface area contributed by atoms with Crippen LogP contribution in [0.3, 0.4) is 0 Å². The van der Waals surface area contributed by atoms with Gasteiger partial charge in [-0.05, 0) is 73.7 Å². The molecule has 31 heavy (non-hydrogen) atoms. The molecule has 0 radical (unpaired) electrons. The maximum Gasteiger partial charge on any atom is 0.114 e. The summed E-state index contributed by atoms with van der Waals surface area (Å²) >= 11 is 0. The Hall–Kier alpha value is -3.47. The molecule has 2 N–H and O–H groups in total. The smallest absolute Gasteiger partial charge is 0.114 e. The molecule has 5 heteroatoms. The Balaban J connectivity index is 1.60. The number of pyridine rings is 1. The molecule has 0 amide bonds. The van der Waals surface area contributed by atoms with Crippen LogP contribution in [0.1, 0.15) is 38.4 Å². The van der Waals surface area contributed by atoms with Crippen molar-refractivity contribution in [1.29, 1.82) is 0 Å². The molecule has 0 fully saturated rings. The van der Waals surface area contributed by atoms with E-state index in [9.17, 15) is 0 Å². The largest absolute Gasteiger partial charge is 0.383 e. The fourth-order valence-corrected chi connectivity index (χ4v) is 4.37. The Morgan fingerprint density at radius 3 is 2.81 bits per heavy atom. The maximum atomic E-state index is 5.00. The van der Waals surface area contributed by atoms with Gasteiger partial charge in [-0.1, -0.05) is 25.1 Å². The van der Waals surface area contributed by atoms with E-state index in [1.54, 1.807) is 0 Å². The van der Waals surface area contributed by atoms with E-state index >= 15 is 0 Å². The minimum Gasteiger partial charge on any atom is -0.383 e. The van der Waals surface area contributed by atoms with Crippen molar-refractivity contribution in [2.45, 2.75) is 39.7 Å². The molecule has 5 rings (SSSR count). The molecule has 5 nitrogen and oxygen atoms in total. The van der Waals surface area contributed by atoms with Gasteiger partial charge in [0.1, 0.15) is 5.69 Å². The first-order chi connectivity index (χ1) is 15.1. The fraction of sp³-hybridized carbons (Fsp3) is 0.269. The standard InChI is InChI=1S/C26H27N5/c1-4-17-12-20-10-11-27-15-24(20)29-25(17)26-22-14-19(8-9-23(22)30-31-26)18-6-5-7-21(13-18)28-16(2)3/h5-11,13-17,28H,4,12H2,1-3H3,(H,30,31).